The number of nitrogens with zero attached hydrogens (tertiary/aromatic N) is 6. The van der Waals surface area contributed by atoms with E-state index in [1.54, 1.807) is 18.6 Å². The Hall–Kier alpha value is -3.56. The zero-order chi connectivity index (χ0) is 23.8. The van der Waals surface area contributed by atoms with Crippen molar-refractivity contribution in [1.29, 1.82) is 0 Å². The Balaban J connectivity index is 1.04. The van der Waals surface area contributed by atoms with Crippen molar-refractivity contribution in [2.75, 3.05) is 39.3 Å². The van der Waals surface area contributed by atoms with E-state index in [4.69, 9.17) is 0 Å². The van der Waals surface area contributed by atoms with Crippen LogP contribution in [0.1, 0.15) is 25.7 Å². The lowest BCUT2D eigenvalue weighted by molar-refractivity contribution is 0.00854. The number of amides is 2. The molecule has 4 aromatic rings. The zero-order valence-corrected chi connectivity index (χ0v) is 20.1. The fourth-order valence-electron chi connectivity index (χ4n) is 4.95. The van der Waals surface area contributed by atoms with E-state index < -0.39 is 0 Å². The average Bonchev–Trinajstić information content (AvgIpc) is 3.54. The summed E-state index contributed by atoms with van der Waals surface area (Å²) in [5, 5.41) is 3.46. The van der Waals surface area contributed by atoms with Crippen molar-refractivity contribution in [3.63, 3.8) is 0 Å². The molecule has 6 rings (SSSR count). The van der Waals surface area contributed by atoms with Crippen LogP contribution in [0.4, 0.5) is 0 Å². The predicted octanol–water partition coefficient (Wildman–Crippen LogP) is 2.82. The highest BCUT2D eigenvalue weighted by molar-refractivity contribution is 7.11. The number of aromatic nitrogens is 3. The summed E-state index contributed by atoms with van der Waals surface area (Å²) in [6.45, 7) is 5.32. The molecule has 0 spiro atoms. The molecule has 178 valence electrons. The first-order chi connectivity index (χ1) is 17.2. The van der Waals surface area contributed by atoms with Crippen molar-refractivity contribution in [1.82, 2.24) is 29.2 Å². The molecule has 2 saturated heterocycles. The summed E-state index contributed by atoms with van der Waals surface area (Å²) in [6, 6.07) is 12.4. The van der Waals surface area contributed by atoms with Gasteiger partial charge in [0, 0.05) is 98.5 Å². The molecule has 1 aromatic carbocycles. The summed E-state index contributed by atoms with van der Waals surface area (Å²) < 4.78 is 2.19. The number of carbonyl (C=O) groups is 2. The summed E-state index contributed by atoms with van der Waals surface area (Å²) in [5.41, 5.74) is 3.04. The molecular weight excluding hydrogens is 460 g/mol. The van der Waals surface area contributed by atoms with Crippen LogP contribution >= 0.6 is 11.3 Å². The van der Waals surface area contributed by atoms with Gasteiger partial charge in [-0.1, -0.05) is 0 Å². The lowest BCUT2D eigenvalue weighted by Crippen LogP contribution is -2.64. The van der Waals surface area contributed by atoms with E-state index in [2.05, 4.69) is 31.7 Å². The van der Waals surface area contributed by atoms with E-state index in [-0.39, 0.29) is 11.8 Å². The number of hydrogen-bond donors (Lipinski definition) is 0. The van der Waals surface area contributed by atoms with Gasteiger partial charge in [-0.2, -0.15) is 0 Å². The van der Waals surface area contributed by atoms with Crippen LogP contribution in [-0.2, 0) is 6.54 Å². The third-order valence-corrected chi connectivity index (χ3v) is 7.76. The number of rotatable bonds is 5. The first-order valence-electron chi connectivity index (χ1n) is 11.9. The van der Waals surface area contributed by atoms with E-state index in [1.165, 1.54) is 16.9 Å². The maximum absolute atomic E-state index is 13.1. The Labute approximate surface area is 207 Å². The molecule has 0 bridgehead atoms. The molecule has 2 fully saturated rings. The van der Waals surface area contributed by atoms with Gasteiger partial charge in [0.05, 0.1) is 0 Å². The third-order valence-electron chi connectivity index (χ3n) is 7.00. The molecule has 2 aliphatic heterocycles. The van der Waals surface area contributed by atoms with Gasteiger partial charge in [0.15, 0.2) is 5.01 Å². The number of hydrogen-bond acceptors (Lipinski definition) is 6. The first kappa shape index (κ1) is 21.9. The minimum Gasteiger partial charge on any atom is -0.343 e. The lowest BCUT2D eigenvalue weighted by atomic mass is 10.0. The summed E-state index contributed by atoms with van der Waals surface area (Å²) in [5.74, 6) is 0.109. The van der Waals surface area contributed by atoms with E-state index in [1.807, 2.05) is 45.5 Å². The van der Waals surface area contributed by atoms with Gasteiger partial charge in [-0.05, 0) is 42.0 Å². The smallest absolute Gasteiger partial charge is 0.282 e. The largest absolute Gasteiger partial charge is 0.343 e. The monoisotopic (exact) mass is 486 g/mol. The highest BCUT2D eigenvalue weighted by atomic mass is 32.1. The van der Waals surface area contributed by atoms with Crippen LogP contribution < -0.4 is 0 Å². The molecule has 2 aliphatic rings. The SMILES string of the molecule is O=C(c1ccc2c(ccn2Cc2ccncc2)c1)N1CC(N2CCN(C(=O)c3nccs3)CC2)C1. The van der Waals surface area contributed by atoms with E-state index in [9.17, 15) is 9.59 Å². The fraction of sp³-hybridized carbons (Fsp3) is 0.308. The van der Waals surface area contributed by atoms with Crippen molar-refractivity contribution in [2.24, 2.45) is 0 Å². The summed E-state index contributed by atoms with van der Waals surface area (Å²) in [4.78, 5) is 40.0. The number of piperazine rings is 1. The van der Waals surface area contributed by atoms with Crippen molar-refractivity contribution in [3.05, 3.63) is 82.7 Å². The van der Waals surface area contributed by atoms with Crippen LogP contribution in [0.2, 0.25) is 0 Å². The van der Waals surface area contributed by atoms with Gasteiger partial charge in [-0.3, -0.25) is 19.5 Å². The first-order valence-corrected chi connectivity index (χ1v) is 12.7. The third kappa shape index (κ3) is 4.33. The van der Waals surface area contributed by atoms with Crippen LogP contribution in [0.15, 0.2) is 66.6 Å². The number of pyridine rings is 1. The van der Waals surface area contributed by atoms with Gasteiger partial charge in [0.1, 0.15) is 0 Å². The van der Waals surface area contributed by atoms with Crippen LogP contribution in [0, 0.1) is 0 Å². The van der Waals surface area contributed by atoms with E-state index >= 15 is 0 Å². The molecule has 3 aromatic heterocycles. The normalized spacial score (nSPS) is 17.0. The van der Waals surface area contributed by atoms with Gasteiger partial charge in [-0.15, -0.1) is 11.3 Å². The fourth-order valence-corrected chi connectivity index (χ4v) is 5.55. The molecule has 0 N–H and O–H groups in total. The number of likely N-dealkylation sites (tertiary alicyclic amines) is 1. The van der Waals surface area contributed by atoms with Gasteiger partial charge < -0.3 is 14.4 Å². The van der Waals surface area contributed by atoms with Crippen molar-refractivity contribution in [2.45, 2.75) is 12.6 Å². The Bertz CT molecular complexity index is 1340. The molecule has 35 heavy (non-hydrogen) atoms. The van der Waals surface area contributed by atoms with Crippen LogP contribution in [0.5, 0.6) is 0 Å². The highest BCUT2D eigenvalue weighted by Gasteiger charge is 2.37. The minimum atomic E-state index is 0.0232. The Kier molecular flexibility index (Phi) is 5.79. The number of benzene rings is 1. The lowest BCUT2D eigenvalue weighted by Gasteiger charge is -2.48. The topological polar surface area (TPSA) is 74.6 Å². The molecule has 0 saturated carbocycles. The van der Waals surface area contributed by atoms with Gasteiger partial charge in [0.25, 0.3) is 11.8 Å². The molecule has 0 aliphatic carbocycles. The van der Waals surface area contributed by atoms with Crippen molar-refractivity contribution >= 4 is 34.1 Å². The van der Waals surface area contributed by atoms with Crippen LogP contribution in [0.25, 0.3) is 10.9 Å². The van der Waals surface area contributed by atoms with Crippen molar-refractivity contribution < 1.29 is 9.59 Å². The number of fused-ring (bicyclic) bond motifs is 1. The summed E-state index contributed by atoms with van der Waals surface area (Å²) in [7, 11) is 0. The summed E-state index contributed by atoms with van der Waals surface area (Å²) >= 11 is 1.39. The molecule has 2 amide bonds. The number of thiazole rings is 1. The van der Waals surface area contributed by atoms with Gasteiger partial charge in [-0.25, -0.2) is 4.98 Å². The molecule has 0 atom stereocenters. The van der Waals surface area contributed by atoms with Crippen LogP contribution in [0.3, 0.4) is 0 Å². The number of carbonyl (C=O) groups excluding carboxylic acids is 2. The quantitative estimate of drug-likeness (QED) is 0.434. The molecular formula is C26H26N6O2S. The molecule has 9 heteroatoms. The Morgan fingerprint density at radius 1 is 0.914 bits per heavy atom. The Morgan fingerprint density at radius 2 is 1.71 bits per heavy atom. The maximum atomic E-state index is 13.1. The van der Waals surface area contributed by atoms with Gasteiger partial charge >= 0.3 is 0 Å². The second-order valence-electron chi connectivity index (χ2n) is 9.10. The predicted molar refractivity (Wildman–Crippen MR) is 135 cm³/mol. The molecule has 5 heterocycles. The second-order valence-corrected chi connectivity index (χ2v) is 10.00. The molecule has 0 unspecified atom stereocenters. The van der Waals surface area contributed by atoms with Crippen molar-refractivity contribution in [3.8, 4) is 0 Å². The van der Waals surface area contributed by atoms with E-state index in [0.717, 1.165) is 49.2 Å². The van der Waals surface area contributed by atoms with E-state index in [0.29, 0.717) is 24.1 Å². The minimum absolute atomic E-state index is 0.0232. The summed E-state index contributed by atoms with van der Waals surface area (Å²) in [6.07, 6.45) is 7.35. The zero-order valence-electron chi connectivity index (χ0n) is 19.3. The second kappa shape index (κ2) is 9.24. The molecule has 0 radical (unpaired) electrons. The molecule has 8 nitrogen and oxygen atoms in total. The Morgan fingerprint density at radius 3 is 2.46 bits per heavy atom. The van der Waals surface area contributed by atoms with Crippen LogP contribution in [-0.4, -0.2) is 86.4 Å². The maximum Gasteiger partial charge on any atom is 0.282 e. The highest BCUT2D eigenvalue weighted by Crippen LogP contribution is 2.24. The average molecular weight is 487 g/mol. The van der Waals surface area contributed by atoms with Gasteiger partial charge in [0.2, 0.25) is 0 Å². The standard InChI is InChI=1S/C26H26N6O2S/c33-25(21-1-2-23-20(15-21)5-9-31(23)16-19-3-6-27-7-4-19)32-17-22(18-32)29-10-12-30(13-11-29)26(34)24-28-8-14-35-24/h1-9,14-15,22H,10-13,16-18H2.